The Kier molecular flexibility index (Phi) is 7.70. The molecule has 9 heteroatoms. The van der Waals surface area contributed by atoms with E-state index in [9.17, 15) is 9.90 Å². The summed E-state index contributed by atoms with van der Waals surface area (Å²) < 4.78 is 7.05. The fourth-order valence-electron chi connectivity index (χ4n) is 4.79. The van der Waals surface area contributed by atoms with Crippen LogP contribution in [0.3, 0.4) is 0 Å². The molecule has 1 aromatic heterocycles. The summed E-state index contributed by atoms with van der Waals surface area (Å²) in [5, 5.41) is 9.52. The molecule has 0 bridgehead atoms. The number of piperidine rings is 2. The maximum atomic E-state index is 11.6. The van der Waals surface area contributed by atoms with E-state index in [2.05, 4.69) is 35.7 Å². The maximum absolute atomic E-state index is 11.6. The Labute approximate surface area is 203 Å². The number of carboxylic acids is 1. The fourth-order valence-corrected chi connectivity index (χ4v) is 5.14. The van der Waals surface area contributed by atoms with Crippen LogP contribution in [0.1, 0.15) is 41.7 Å². The number of hydrogen-bond donors (Lipinski definition) is 2. The first-order valence-electron chi connectivity index (χ1n) is 11.6. The number of aromatic carboxylic acids is 1. The topological polar surface area (TPSA) is 105 Å². The summed E-state index contributed by atoms with van der Waals surface area (Å²) in [5.41, 5.74) is 7.94. The highest BCUT2D eigenvalue weighted by molar-refractivity contribution is 9.10. The normalized spacial score (nSPS) is 19.6. The maximum Gasteiger partial charge on any atom is 0.337 e. The first-order valence-corrected chi connectivity index (χ1v) is 12.4. The quantitative estimate of drug-likeness (QED) is 0.568. The summed E-state index contributed by atoms with van der Waals surface area (Å²) in [5.74, 6) is 1.31. The van der Waals surface area contributed by atoms with E-state index < -0.39 is 5.97 Å². The fraction of sp³-hybridized carbons (Fsp3) is 0.542. The van der Waals surface area contributed by atoms with Gasteiger partial charge in [-0.25, -0.2) is 9.78 Å². The van der Waals surface area contributed by atoms with Crippen LogP contribution in [0, 0.1) is 18.8 Å². The summed E-state index contributed by atoms with van der Waals surface area (Å²) >= 11 is 3.46. The van der Waals surface area contributed by atoms with Crippen LogP contribution >= 0.6 is 15.9 Å². The zero-order valence-corrected chi connectivity index (χ0v) is 20.6. The average molecular weight is 518 g/mol. The molecule has 0 saturated carbocycles. The number of carboxylic acid groups (broad SMARTS) is 1. The molecule has 0 amide bonds. The molecule has 3 N–H and O–H groups in total. The van der Waals surface area contributed by atoms with Crippen molar-refractivity contribution in [3.05, 3.63) is 40.0 Å². The summed E-state index contributed by atoms with van der Waals surface area (Å²) in [7, 11) is 0. The van der Waals surface area contributed by atoms with Crippen molar-refractivity contribution in [1.82, 2.24) is 9.97 Å². The molecule has 33 heavy (non-hydrogen) atoms. The predicted octanol–water partition coefficient (Wildman–Crippen LogP) is 3.98. The predicted molar refractivity (Wildman–Crippen MR) is 133 cm³/mol. The molecule has 2 aliphatic rings. The van der Waals surface area contributed by atoms with Crippen molar-refractivity contribution in [2.24, 2.45) is 11.8 Å². The van der Waals surface area contributed by atoms with Crippen molar-refractivity contribution in [1.29, 1.82) is 0 Å². The van der Waals surface area contributed by atoms with Crippen LogP contribution in [0.4, 0.5) is 17.5 Å². The Morgan fingerprint density at radius 3 is 2.61 bits per heavy atom. The molecule has 4 rings (SSSR count). The molecule has 1 unspecified atom stereocenters. The van der Waals surface area contributed by atoms with Gasteiger partial charge in [-0.1, -0.05) is 15.9 Å². The van der Waals surface area contributed by atoms with Gasteiger partial charge in [0.25, 0.3) is 0 Å². The minimum Gasteiger partial charge on any atom is -0.478 e. The van der Waals surface area contributed by atoms with Gasteiger partial charge in [0.1, 0.15) is 5.82 Å². The second-order valence-electron chi connectivity index (χ2n) is 9.12. The van der Waals surface area contributed by atoms with E-state index in [0.717, 1.165) is 86.9 Å². The third-order valence-corrected chi connectivity index (χ3v) is 7.01. The molecule has 2 saturated heterocycles. The van der Waals surface area contributed by atoms with Gasteiger partial charge in [0.2, 0.25) is 5.95 Å². The molecule has 1 atom stereocenters. The van der Waals surface area contributed by atoms with Gasteiger partial charge in [-0.15, -0.1) is 0 Å². The Balaban J connectivity index is 1.24. The molecule has 2 fully saturated rings. The molecular weight excluding hydrogens is 486 g/mol. The smallest absolute Gasteiger partial charge is 0.337 e. The van der Waals surface area contributed by atoms with E-state index in [4.69, 9.17) is 10.5 Å². The minimum absolute atomic E-state index is 0.356. The van der Waals surface area contributed by atoms with E-state index in [-0.39, 0.29) is 0 Å². The van der Waals surface area contributed by atoms with Crippen LogP contribution in [0.15, 0.2) is 28.7 Å². The van der Waals surface area contributed by atoms with Gasteiger partial charge in [0.05, 0.1) is 17.9 Å². The summed E-state index contributed by atoms with van der Waals surface area (Å²) in [6.07, 6.45) is 4.25. The lowest BCUT2D eigenvalue weighted by Gasteiger charge is -2.35. The molecule has 2 aromatic rings. The Hall–Kier alpha value is -2.39. The third-order valence-electron chi connectivity index (χ3n) is 6.52. The van der Waals surface area contributed by atoms with Crippen molar-refractivity contribution in [2.45, 2.75) is 32.6 Å². The number of anilines is 3. The Morgan fingerprint density at radius 1 is 1.12 bits per heavy atom. The van der Waals surface area contributed by atoms with Gasteiger partial charge >= 0.3 is 5.97 Å². The SMILES string of the molecule is Cc1cc(N)nc(N2CCCC(COCC3CCN(c4cc(Br)ccc4C(=O)O)CC3)C2)n1. The van der Waals surface area contributed by atoms with Gasteiger partial charge in [-0.05, 0) is 62.6 Å². The lowest BCUT2D eigenvalue weighted by molar-refractivity contribution is 0.0601. The van der Waals surface area contributed by atoms with Crippen molar-refractivity contribution in [3.8, 4) is 0 Å². The van der Waals surface area contributed by atoms with E-state index in [0.29, 0.717) is 23.2 Å². The van der Waals surface area contributed by atoms with E-state index in [1.54, 1.807) is 18.2 Å². The number of benzene rings is 1. The van der Waals surface area contributed by atoms with Crippen molar-refractivity contribution in [3.63, 3.8) is 0 Å². The summed E-state index contributed by atoms with van der Waals surface area (Å²) in [6.45, 7) is 6.96. The first kappa shape index (κ1) is 23.8. The number of ether oxygens (including phenoxy) is 1. The standard InChI is InChI=1S/C24H32BrN5O3/c1-16-11-22(26)28-24(27-16)30-8-2-3-18(13-30)15-33-14-17-6-9-29(10-7-17)21-12-19(25)4-5-20(21)23(31)32/h4-5,11-12,17-18H,2-3,6-10,13-15H2,1H3,(H,31,32)(H2,26,27,28). The van der Waals surface area contributed by atoms with Gasteiger partial charge < -0.3 is 25.4 Å². The Bertz CT molecular complexity index is 960. The lowest BCUT2D eigenvalue weighted by atomic mass is 9.96. The van der Waals surface area contributed by atoms with Crippen LogP contribution in [0.2, 0.25) is 0 Å². The molecule has 0 spiro atoms. The number of aryl methyl sites for hydroxylation is 1. The zero-order chi connectivity index (χ0) is 23.4. The number of hydrogen-bond acceptors (Lipinski definition) is 7. The molecule has 178 valence electrons. The zero-order valence-electron chi connectivity index (χ0n) is 19.0. The summed E-state index contributed by atoms with van der Waals surface area (Å²) in [6, 6.07) is 7.14. The lowest BCUT2D eigenvalue weighted by Crippen LogP contribution is -2.39. The number of nitrogen functional groups attached to an aromatic ring is 1. The van der Waals surface area contributed by atoms with Crippen LogP contribution in [0.25, 0.3) is 0 Å². The minimum atomic E-state index is -0.886. The number of rotatable bonds is 7. The second-order valence-corrected chi connectivity index (χ2v) is 10.0. The van der Waals surface area contributed by atoms with E-state index >= 15 is 0 Å². The molecule has 0 radical (unpaired) electrons. The molecule has 3 heterocycles. The molecule has 1 aromatic carbocycles. The van der Waals surface area contributed by atoms with Crippen LogP contribution in [-0.4, -0.2) is 60.4 Å². The van der Waals surface area contributed by atoms with Crippen molar-refractivity contribution < 1.29 is 14.6 Å². The molecule has 2 aliphatic heterocycles. The number of carbonyl (C=O) groups is 1. The number of nitrogens with zero attached hydrogens (tertiary/aromatic N) is 4. The second kappa shape index (κ2) is 10.7. The molecule has 8 nitrogen and oxygen atoms in total. The van der Waals surface area contributed by atoms with E-state index in [1.807, 2.05) is 13.0 Å². The van der Waals surface area contributed by atoms with Crippen LogP contribution in [0.5, 0.6) is 0 Å². The van der Waals surface area contributed by atoms with Crippen molar-refractivity contribution >= 4 is 39.4 Å². The van der Waals surface area contributed by atoms with Gasteiger partial charge in [-0.3, -0.25) is 0 Å². The van der Waals surface area contributed by atoms with Gasteiger partial charge in [-0.2, -0.15) is 4.98 Å². The van der Waals surface area contributed by atoms with Crippen LogP contribution in [-0.2, 0) is 4.74 Å². The van der Waals surface area contributed by atoms with Crippen LogP contribution < -0.4 is 15.5 Å². The molecular formula is C24H32BrN5O3. The number of nitrogens with two attached hydrogens (primary N) is 1. The van der Waals surface area contributed by atoms with Crippen molar-refractivity contribution in [2.75, 3.05) is 54.9 Å². The highest BCUT2D eigenvalue weighted by Crippen LogP contribution is 2.30. The number of aromatic nitrogens is 2. The highest BCUT2D eigenvalue weighted by atomic mass is 79.9. The molecule has 0 aliphatic carbocycles. The van der Waals surface area contributed by atoms with Gasteiger partial charge in [0, 0.05) is 49.0 Å². The number of halogens is 1. The summed E-state index contributed by atoms with van der Waals surface area (Å²) in [4.78, 5) is 25.0. The van der Waals surface area contributed by atoms with E-state index in [1.165, 1.54) is 0 Å². The third kappa shape index (κ3) is 6.14. The highest BCUT2D eigenvalue weighted by Gasteiger charge is 2.25. The van der Waals surface area contributed by atoms with Gasteiger partial charge in [0.15, 0.2) is 0 Å². The largest absolute Gasteiger partial charge is 0.478 e. The average Bonchev–Trinajstić information content (AvgIpc) is 2.79. The monoisotopic (exact) mass is 517 g/mol. The first-order chi connectivity index (χ1) is 15.9. The Morgan fingerprint density at radius 2 is 1.88 bits per heavy atom.